The standard InChI is InChI=1S/C22H26N2O3/c1-3-24(4-2)22(26)19(15-16-9-6-5-7-10-16)23-21(25)18-11-8-12-20-17(18)13-14-27-20/h5-12,19H,3-4,13-15H2,1-2H3,(H,23,25). The monoisotopic (exact) mass is 366 g/mol. The van der Waals surface area contributed by atoms with E-state index in [4.69, 9.17) is 4.74 Å². The fourth-order valence-electron chi connectivity index (χ4n) is 3.48. The first kappa shape index (κ1) is 19.0. The normalized spacial score (nSPS) is 13.4. The zero-order valence-electron chi connectivity index (χ0n) is 15.9. The second-order valence-corrected chi connectivity index (χ2v) is 6.61. The second-order valence-electron chi connectivity index (χ2n) is 6.61. The average Bonchev–Trinajstić information content (AvgIpc) is 3.18. The number of hydrogen-bond acceptors (Lipinski definition) is 3. The van der Waals surface area contributed by atoms with Crippen LogP contribution in [0.25, 0.3) is 0 Å². The number of rotatable bonds is 7. The molecule has 2 amide bonds. The van der Waals surface area contributed by atoms with Gasteiger partial charge in [-0.15, -0.1) is 0 Å². The molecule has 27 heavy (non-hydrogen) atoms. The molecule has 2 aromatic carbocycles. The summed E-state index contributed by atoms with van der Waals surface area (Å²) in [6.45, 7) is 5.72. The Morgan fingerprint density at radius 2 is 1.81 bits per heavy atom. The van der Waals surface area contributed by atoms with E-state index in [0.29, 0.717) is 38.1 Å². The molecule has 0 aromatic heterocycles. The number of nitrogens with one attached hydrogen (secondary N) is 1. The van der Waals surface area contributed by atoms with Gasteiger partial charge in [-0.05, 0) is 31.5 Å². The van der Waals surface area contributed by atoms with Crippen LogP contribution in [0.15, 0.2) is 48.5 Å². The molecule has 0 radical (unpaired) electrons. The van der Waals surface area contributed by atoms with Gasteiger partial charge in [0.1, 0.15) is 11.8 Å². The topological polar surface area (TPSA) is 58.6 Å². The number of benzene rings is 2. The highest BCUT2D eigenvalue weighted by Gasteiger charge is 2.27. The molecule has 1 heterocycles. The van der Waals surface area contributed by atoms with Crippen molar-refractivity contribution in [3.63, 3.8) is 0 Å². The Labute approximate surface area is 160 Å². The van der Waals surface area contributed by atoms with Crippen molar-refractivity contribution in [3.05, 3.63) is 65.2 Å². The smallest absolute Gasteiger partial charge is 0.252 e. The summed E-state index contributed by atoms with van der Waals surface area (Å²) in [5.74, 6) is 0.483. The van der Waals surface area contributed by atoms with Gasteiger partial charge in [-0.1, -0.05) is 36.4 Å². The van der Waals surface area contributed by atoms with E-state index in [-0.39, 0.29) is 11.8 Å². The summed E-state index contributed by atoms with van der Waals surface area (Å²) in [6.07, 6.45) is 1.18. The van der Waals surface area contributed by atoms with E-state index in [9.17, 15) is 9.59 Å². The highest BCUT2D eigenvalue weighted by atomic mass is 16.5. The molecule has 5 heteroatoms. The van der Waals surface area contributed by atoms with E-state index in [1.54, 1.807) is 11.0 Å². The fraction of sp³-hybridized carbons (Fsp3) is 0.364. The van der Waals surface area contributed by atoms with Crippen LogP contribution in [0, 0.1) is 0 Å². The van der Waals surface area contributed by atoms with E-state index >= 15 is 0 Å². The molecule has 1 atom stereocenters. The Balaban J connectivity index is 1.83. The molecule has 1 aliphatic heterocycles. The van der Waals surface area contributed by atoms with Gasteiger partial charge >= 0.3 is 0 Å². The Morgan fingerprint density at radius 3 is 2.52 bits per heavy atom. The molecule has 0 spiro atoms. The summed E-state index contributed by atoms with van der Waals surface area (Å²) in [6, 6.07) is 14.7. The summed E-state index contributed by atoms with van der Waals surface area (Å²) in [5, 5.41) is 2.97. The lowest BCUT2D eigenvalue weighted by Crippen LogP contribution is -2.49. The number of carbonyl (C=O) groups excluding carboxylic acids is 2. The first-order chi connectivity index (χ1) is 13.1. The molecule has 0 saturated carbocycles. The summed E-state index contributed by atoms with van der Waals surface area (Å²) in [4.78, 5) is 27.7. The molecule has 0 saturated heterocycles. The molecule has 1 aliphatic rings. The Hall–Kier alpha value is -2.82. The van der Waals surface area contributed by atoms with Gasteiger partial charge in [-0.3, -0.25) is 9.59 Å². The SMILES string of the molecule is CCN(CC)C(=O)C(Cc1ccccc1)NC(=O)c1cccc2c1CCO2. The first-order valence-corrected chi connectivity index (χ1v) is 9.52. The fourth-order valence-corrected chi connectivity index (χ4v) is 3.48. The van der Waals surface area contributed by atoms with Gasteiger partial charge < -0.3 is 15.0 Å². The minimum Gasteiger partial charge on any atom is -0.493 e. The van der Waals surface area contributed by atoms with E-state index in [1.807, 2.05) is 56.3 Å². The van der Waals surface area contributed by atoms with Crippen molar-refractivity contribution in [3.8, 4) is 5.75 Å². The number of likely N-dealkylation sites (N-methyl/N-ethyl adjacent to an activating group) is 1. The van der Waals surface area contributed by atoms with Crippen LogP contribution in [0.5, 0.6) is 5.75 Å². The van der Waals surface area contributed by atoms with Gasteiger partial charge in [0, 0.05) is 37.1 Å². The van der Waals surface area contributed by atoms with Crippen LogP contribution in [0.4, 0.5) is 0 Å². The van der Waals surface area contributed by atoms with Crippen molar-refractivity contribution in [1.82, 2.24) is 10.2 Å². The second kappa shape index (κ2) is 8.71. The Kier molecular flexibility index (Phi) is 6.12. The van der Waals surface area contributed by atoms with Crippen molar-refractivity contribution in [1.29, 1.82) is 0 Å². The van der Waals surface area contributed by atoms with Gasteiger partial charge in [0.25, 0.3) is 5.91 Å². The van der Waals surface area contributed by atoms with E-state index in [0.717, 1.165) is 16.9 Å². The number of amides is 2. The van der Waals surface area contributed by atoms with Gasteiger partial charge in [0.15, 0.2) is 0 Å². The minimum absolute atomic E-state index is 0.0546. The highest BCUT2D eigenvalue weighted by Crippen LogP contribution is 2.28. The molecule has 1 N–H and O–H groups in total. The quantitative estimate of drug-likeness (QED) is 0.820. The van der Waals surface area contributed by atoms with Crippen LogP contribution in [-0.2, 0) is 17.6 Å². The maximum atomic E-state index is 13.0. The van der Waals surface area contributed by atoms with E-state index in [2.05, 4.69) is 5.32 Å². The third kappa shape index (κ3) is 4.30. The highest BCUT2D eigenvalue weighted by molar-refractivity contribution is 5.99. The summed E-state index contributed by atoms with van der Waals surface area (Å²) in [7, 11) is 0. The largest absolute Gasteiger partial charge is 0.493 e. The molecule has 142 valence electrons. The van der Waals surface area contributed by atoms with Crippen LogP contribution in [0.3, 0.4) is 0 Å². The van der Waals surface area contributed by atoms with Gasteiger partial charge in [0.05, 0.1) is 6.61 Å². The third-order valence-electron chi connectivity index (χ3n) is 4.95. The minimum atomic E-state index is -0.599. The molecule has 1 unspecified atom stereocenters. The van der Waals surface area contributed by atoms with Crippen molar-refractivity contribution < 1.29 is 14.3 Å². The van der Waals surface area contributed by atoms with Crippen LogP contribution < -0.4 is 10.1 Å². The molecule has 0 bridgehead atoms. The number of ether oxygens (including phenoxy) is 1. The van der Waals surface area contributed by atoms with Crippen molar-refractivity contribution in [2.75, 3.05) is 19.7 Å². The molecule has 3 rings (SSSR count). The zero-order chi connectivity index (χ0) is 19.2. The Morgan fingerprint density at radius 1 is 1.07 bits per heavy atom. The first-order valence-electron chi connectivity index (χ1n) is 9.52. The average molecular weight is 366 g/mol. The number of nitrogens with zero attached hydrogens (tertiary/aromatic N) is 1. The van der Waals surface area contributed by atoms with Crippen LogP contribution >= 0.6 is 0 Å². The number of fused-ring (bicyclic) bond motifs is 1. The van der Waals surface area contributed by atoms with Gasteiger partial charge in [0.2, 0.25) is 5.91 Å². The molecular weight excluding hydrogens is 340 g/mol. The Bertz CT molecular complexity index is 800. The molecule has 2 aromatic rings. The number of hydrogen-bond donors (Lipinski definition) is 1. The zero-order valence-corrected chi connectivity index (χ0v) is 15.9. The lowest BCUT2D eigenvalue weighted by atomic mass is 10.0. The molecule has 5 nitrogen and oxygen atoms in total. The predicted molar refractivity (Wildman–Crippen MR) is 105 cm³/mol. The van der Waals surface area contributed by atoms with Crippen molar-refractivity contribution in [2.45, 2.75) is 32.7 Å². The molecule has 0 aliphatic carbocycles. The van der Waals surface area contributed by atoms with E-state index in [1.165, 1.54) is 0 Å². The third-order valence-corrected chi connectivity index (χ3v) is 4.95. The van der Waals surface area contributed by atoms with Crippen LogP contribution in [0.2, 0.25) is 0 Å². The molecule has 0 fully saturated rings. The lowest BCUT2D eigenvalue weighted by molar-refractivity contribution is -0.132. The van der Waals surface area contributed by atoms with E-state index < -0.39 is 6.04 Å². The van der Waals surface area contributed by atoms with Gasteiger partial charge in [-0.25, -0.2) is 0 Å². The summed E-state index contributed by atoms with van der Waals surface area (Å²) < 4.78 is 5.56. The number of carbonyl (C=O) groups is 2. The summed E-state index contributed by atoms with van der Waals surface area (Å²) >= 11 is 0. The maximum Gasteiger partial charge on any atom is 0.252 e. The van der Waals surface area contributed by atoms with Crippen LogP contribution in [-0.4, -0.2) is 42.5 Å². The molecular formula is C22H26N2O3. The van der Waals surface area contributed by atoms with Crippen molar-refractivity contribution >= 4 is 11.8 Å². The lowest BCUT2D eigenvalue weighted by Gasteiger charge is -2.26. The predicted octanol–water partition coefficient (Wildman–Crippen LogP) is 2.83. The van der Waals surface area contributed by atoms with Crippen molar-refractivity contribution in [2.24, 2.45) is 0 Å². The maximum absolute atomic E-state index is 13.0. The summed E-state index contributed by atoms with van der Waals surface area (Å²) in [5.41, 5.74) is 2.53. The van der Waals surface area contributed by atoms with Crippen LogP contribution in [0.1, 0.15) is 35.3 Å². The van der Waals surface area contributed by atoms with Gasteiger partial charge in [-0.2, -0.15) is 0 Å².